The van der Waals surface area contributed by atoms with E-state index < -0.39 is 0 Å². The van der Waals surface area contributed by atoms with Crippen LogP contribution in [0.3, 0.4) is 0 Å². The summed E-state index contributed by atoms with van der Waals surface area (Å²) < 4.78 is 4.68. The first-order valence-electron chi connectivity index (χ1n) is 4.13. The van der Waals surface area contributed by atoms with Crippen LogP contribution < -0.4 is 5.32 Å². The zero-order valence-corrected chi connectivity index (χ0v) is 8.29. The first kappa shape index (κ1) is 11.9. The Hall–Kier alpha value is -1.10. The molecule has 1 N–H and O–H groups in total. The summed E-state index contributed by atoms with van der Waals surface area (Å²) in [6.45, 7) is 2.44. The van der Waals surface area contributed by atoms with E-state index in [-0.39, 0.29) is 25.0 Å². The highest BCUT2D eigenvalue weighted by Crippen LogP contribution is 1.89. The van der Waals surface area contributed by atoms with Crippen molar-refractivity contribution >= 4 is 11.8 Å². The van der Waals surface area contributed by atoms with Gasteiger partial charge in [0.15, 0.2) is 0 Å². The maximum Gasteiger partial charge on any atom is 0.249 e. The third-order valence-corrected chi connectivity index (χ3v) is 1.62. The molecule has 0 atom stereocenters. The quantitative estimate of drug-likeness (QED) is 0.616. The molecule has 0 spiro atoms. The van der Waals surface area contributed by atoms with Crippen LogP contribution in [0.25, 0.3) is 0 Å². The normalized spacial score (nSPS) is 9.46. The monoisotopic (exact) mass is 188 g/mol. The Labute approximate surface area is 78.0 Å². The first-order chi connectivity index (χ1) is 6.15. The van der Waals surface area contributed by atoms with Crippen LogP contribution in [0.1, 0.15) is 6.92 Å². The zero-order valence-electron chi connectivity index (χ0n) is 8.29. The molecule has 5 heteroatoms. The molecular formula is C8H16N2O3. The minimum Gasteiger partial charge on any atom is -0.375 e. The number of hydrogen-bond donors (Lipinski definition) is 1. The molecule has 0 rings (SSSR count). The Balaban J connectivity index is 4.01. The number of carbonyl (C=O) groups excluding carboxylic acids is 2. The van der Waals surface area contributed by atoms with Gasteiger partial charge in [0.1, 0.15) is 6.61 Å². The predicted molar refractivity (Wildman–Crippen MR) is 48.2 cm³/mol. The fraction of sp³-hybridized carbons (Fsp3) is 0.750. The van der Waals surface area contributed by atoms with E-state index in [1.807, 2.05) is 6.92 Å². The number of rotatable bonds is 5. The van der Waals surface area contributed by atoms with E-state index in [0.717, 1.165) is 0 Å². The molecule has 13 heavy (non-hydrogen) atoms. The highest BCUT2D eigenvalue weighted by atomic mass is 16.5. The van der Waals surface area contributed by atoms with Crippen molar-refractivity contribution in [1.82, 2.24) is 10.2 Å². The Bertz CT molecular complexity index is 182. The second kappa shape index (κ2) is 6.42. The smallest absolute Gasteiger partial charge is 0.249 e. The van der Waals surface area contributed by atoms with Crippen molar-refractivity contribution in [3.8, 4) is 0 Å². The average Bonchev–Trinajstić information content (AvgIpc) is 2.14. The minimum absolute atomic E-state index is 0.0187. The number of carbonyl (C=O) groups is 2. The van der Waals surface area contributed by atoms with Crippen molar-refractivity contribution in [2.45, 2.75) is 6.92 Å². The van der Waals surface area contributed by atoms with Crippen molar-refractivity contribution in [1.29, 1.82) is 0 Å². The molecule has 0 aromatic carbocycles. The number of ether oxygens (including phenoxy) is 1. The maximum atomic E-state index is 11.2. The van der Waals surface area contributed by atoms with Crippen LogP contribution in [0.4, 0.5) is 0 Å². The predicted octanol–water partition coefficient (Wildman–Crippen LogP) is -0.773. The molecule has 0 fully saturated rings. The van der Waals surface area contributed by atoms with Crippen LogP contribution in [0, 0.1) is 0 Å². The fourth-order valence-electron chi connectivity index (χ4n) is 0.844. The summed E-state index contributed by atoms with van der Waals surface area (Å²) in [5.74, 6) is -0.347. The van der Waals surface area contributed by atoms with E-state index >= 15 is 0 Å². The number of likely N-dealkylation sites (N-methyl/N-ethyl adjacent to an activating group) is 2. The molecule has 0 unspecified atom stereocenters. The Morgan fingerprint density at radius 1 is 1.46 bits per heavy atom. The van der Waals surface area contributed by atoms with Crippen molar-refractivity contribution in [3.05, 3.63) is 0 Å². The Morgan fingerprint density at radius 3 is 2.46 bits per heavy atom. The number of amides is 2. The van der Waals surface area contributed by atoms with Crippen LogP contribution in [0.15, 0.2) is 0 Å². The second-order valence-electron chi connectivity index (χ2n) is 2.51. The summed E-state index contributed by atoms with van der Waals surface area (Å²) >= 11 is 0. The van der Waals surface area contributed by atoms with Gasteiger partial charge in [0.05, 0.1) is 6.54 Å². The highest BCUT2D eigenvalue weighted by molar-refractivity contribution is 5.85. The van der Waals surface area contributed by atoms with Crippen LogP contribution in [-0.2, 0) is 14.3 Å². The molecule has 0 aromatic rings. The van der Waals surface area contributed by atoms with Crippen LogP contribution in [0.5, 0.6) is 0 Å². The Morgan fingerprint density at radius 2 is 2.08 bits per heavy atom. The van der Waals surface area contributed by atoms with Gasteiger partial charge in [0.25, 0.3) is 0 Å². The van der Waals surface area contributed by atoms with Gasteiger partial charge < -0.3 is 15.0 Å². The number of nitrogens with one attached hydrogen (secondary N) is 1. The third kappa shape index (κ3) is 4.47. The van der Waals surface area contributed by atoms with Gasteiger partial charge in [-0.05, 0) is 6.92 Å². The van der Waals surface area contributed by atoms with Crippen LogP contribution in [0.2, 0.25) is 0 Å². The number of nitrogens with zero attached hydrogens (tertiary/aromatic N) is 1. The summed E-state index contributed by atoms with van der Waals surface area (Å²) in [6, 6.07) is 0. The molecule has 0 aromatic heterocycles. The molecule has 0 aliphatic heterocycles. The van der Waals surface area contributed by atoms with E-state index in [2.05, 4.69) is 10.1 Å². The molecule has 2 amide bonds. The largest absolute Gasteiger partial charge is 0.375 e. The van der Waals surface area contributed by atoms with Gasteiger partial charge in [0.2, 0.25) is 11.8 Å². The standard InChI is InChI=1S/C8H16N2O3/c1-4-10(5-7(11)9-2)8(12)6-13-3/h4-6H2,1-3H3,(H,9,11). The minimum atomic E-state index is -0.175. The van der Waals surface area contributed by atoms with Crippen molar-refractivity contribution in [3.63, 3.8) is 0 Å². The lowest BCUT2D eigenvalue weighted by atomic mass is 10.4. The van der Waals surface area contributed by atoms with Gasteiger partial charge in [-0.2, -0.15) is 0 Å². The highest BCUT2D eigenvalue weighted by Gasteiger charge is 2.13. The molecule has 0 radical (unpaired) electrons. The van der Waals surface area contributed by atoms with E-state index in [1.54, 1.807) is 0 Å². The van der Waals surface area contributed by atoms with Gasteiger partial charge in [0, 0.05) is 20.7 Å². The summed E-state index contributed by atoms with van der Waals surface area (Å²) in [5, 5.41) is 2.45. The third-order valence-electron chi connectivity index (χ3n) is 1.62. The van der Waals surface area contributed by atoms with Gasteiger partial charge in [-0.1, -0.05) is 0 Å². The van der Waals surface area contributed by atoms with E-state index in [4.69, 9.17) is 0 Å². The molecule has 0 bridgehead atoms. The van der Waals surface area contributed by atoms with Crippen LogP contribution >= 0.6 is 0 Å². The van der Waals surface area contributed by atoms with Crippen molar-refractivity contribution in [2.24, 2.45) is 0 Å². The lowest BCUT2D eigenvalue weighted by molar-refractivity contribution is -0.138. The molecular weight excluding hydrogens is 172 g/mol. The Kier molecular flexibility index (Phi) is 5.88. The summed E-state index contributed by atoms with van der Waals surface area (Å²) in [6.07, 6.45) is 0. The molecule has 0 saturated carbocycles. The van der Waals surface area contributed by atoms with E-state index in [9.17, 15) is 9.59 Å². The summed E-state index contributed by atoms with van der Waals surface area (Å²) in [4.78, 5) is 23.6. The molecule has 0 heterocycles. The number of hydrogen-bond acceptors (Lipinski definition) is 3. The average molecular weight is 188 g/mol. The molecule has 0 aliphatic rings. The van der Waals surface area contributed by atoms with Gasteiger partial charge >= 0.3 is 0 Å². The number of methoxy groups -OCH3 is 1. The van der Waals surface area contributed by atoms with E-state index in [1.165, 1.54) is 19.1 Å². The fourth-order valence-corrected chi connectivity index (χ4v) is 0.844. The molecule has 0 aliphatic carbocycles. The van der Waals surface area contributed by atoms with Crippen LogP contribution in [-0.4, -0.2) is 50.6 Å². The van der Waals surface area contributed by atoms with Gasteiger partial charge in [-0.15, -0.1) is 0 Å². The van der Waals surface area contributed by atoms with Gasteiger partial charge in [-0.25, -0.2) is 0 Å². The molecule has 76 valence electrons. The molecule has 0 saturated heterocycles. The maximum absolute atomic E-state index is 11.2. The van der Waals surface area contributed by atoms with Crippen molar-refractivity contribution in [2.75, 3.05) is 33.9 Å². The van der Waals surface area contributed by atoms with Crippen molar-refractivity contribution < 1.29 is 14.3 Å². The summed E-state index contributed by atoms with van der Waals surface area (Å²) in [5.41, 5.74) is 0. The molecule has 5 nitrogen and oxygen atoms in total. The second-order valence-corrected chi connectivity index (χ2v) is 2.51. The van der Waals surface area contributed by atoms with Gasteiger partial charge in [-0.3, -0.25) is 9.59 Å². The van der Waals surface area contributed by atoms with E-state index in [0.29, 0.717) is 6.54 Å². The topological polar surface area (TPSA) is 58.6 Å². The summed E-state index contributed by atoms with van der Waals surface area (Å²) in [7, 11) is 2.99. The lowest BCUT2D eigenvalue weighted by Gasteiger charge is -2.19. The first-order valence-corrected chi connectivity index (χ1v) is 4.13. The SMILES string of the molecule is CCN(CC(=O)NC)C(=O)COC. The lowest BCUT2D eigenvalue weighted by Crippen LogP contribution is -2.41. The zero-order chi connectivity index (χ0) is 10.3.